The Morgan fingerprint density at radius 1 is 1.05 bits per heavy atom. The molecule has 4 nitrogen and oxygen atoms in total. The highest BCUT2D eigenvalue weighted by Gasteiger charge is 2.15. The Morgan fingerprint density at radius 2 is 1.80 bits per heavy atom. The molecule has 0 fully saturated rings. The lowest BCUT2D eigenvalue weighted by atomic mass is 10.1. The summed E-state index contributed by atoms with van der Waals surface area (Å²) in [6, 6.07) is 12.5. The van der Waals surface area contributed by atoms with Crippen molar-refractivity contribution in [3.63, 3.8) is 0 Å². The number of phenolic OH excluding ortho intramolecular Hbond substituents is 1. The van der Waals surface area contributed by atoms with Crippen LogP contribution in [0.3, 0.4) is 0 Å². The average Bonchev–Trinajstić information content (AvgIpc) is 2.92. The predicted molar refractivity (Wildman–Crippen MR) is 76.6 cm³/mol. The van der Waals surface area contributed by atoms with Crippen molar-refractivity contribution in [1.82, 2.24) is 10.1 Å². The molecule has 1 N–H and O–H groups in total. The number of aromatic hydroxyl groups is 1. The molecule has 0 aliphatic rings. The van der Waals surface area contributed by atoms with E-state index >= 15 is 0 Å². The van der Waals surface area contributed by atoms with Gasteiger partial charge in [-0.2, -0.15) is 4.98 Å². The highest BCUT2D eigenvalue weighted by molar-refractivity contribution is 6.33. The van der Waals surface area contributed by atoms with Crippen molar-refractivity contribution in [2.45, 2.75) is 6.92 Å². The van der Waals surface area contributed by atoms with Crippen LogP contribution in [0.25, 0.3) is 22.8 Å². The van der Waals surface area contributed by atoms with E-state index in [0.29, 0.717) is 33.4 Å². The molecule has 0 atom stereocenters. The summed E-state index contributed by atoms with van der Waals surface area (Å²) < 4.78 is 5.27. The minimum Gasteiger partial charge on any atom is -0.508 e. The highest BCUT2D eigenvalue weighted by Crippen LogP contribution is 2.31. The molecule has 1 aromatic heterocycles. The third-order valence-corrected chi connectivity index (χ3v) is 3.41. The quantitative estimate of drug-likeness (QED) is 0.771. The molecule has 3 aromatic rings. The summed E-state index contributed by atoms with van der Waals surface area (Å²) in [5, 5.41) is 14.2. The first-order chi connectivity index (χ1) is 9.66. The molecule has 2 aromatic carbocycles. The number of nitrogens with zero attached hydrogens (tertiary/aromatic N) is 2. The minimum absolute atomic E-state index is 0.194. The Balaban J connectivity index is 2.07. The second kappa shape index (κ2) is 4.98. The molecule has 100 valence electrons. The molecule has 20 heavy (non-hydrogen) atoms. The first-order valence-electron chi connectivity index (χ1n) is 6.04. The molecular formula is C15H11ClN2O2. The third-order valence-electron chi connectivity index (χ3n) is 3.08. The third kappa shape index (κ3) is 2.14. The number of rotatable bonds is 2. The lowest BCUT2D eigenvalue weighted by molar-refractivity contribution is 0.431. The molecule has 0 aliphatic carbocycles. The molecule has 5 heteroatoms. The average molecular weight is 287 g/mol. The Kier molecular flexibility index (Phi) is 3.16. The van der Waals surface area contributed by atoms with Crippen LogP contribution in [0.2, 0.25) is 5.02 Å². The van der Waals surface area contributed by atoms with Gasteiger partial charge in [0, 0.05) is 16.7 Å². The molecule has 0 radical (unpaired) electrons. The summed E-state index contributed by atoms with van der Waals surface area (Å²) in [5.41, 5.74) is 2.11. The van der Waals surface area contributed by atoms with E-state index < -0.39 is 0 Å². The fourth-order valence-corrected chi connectivity index (χ4v) is 2.16. The molecule has 1 heterocycles. The topological polar surface area (TPSA) is 59.2 Å². The summed E-state index contributed by atoms with van der Waals surface area (Å²) in [4.78, 5) is 4.34. The summed E-state index contributed by atoms with van der Waals surface area (Å²) in [7, 11) is 0. The van der Waals surface area contributed by atoms with E-state index in [1.54, 1.807) is 25.1 Å². The molecule has 0 bridgehead atoms. The van der Waals surface area contributed by atoms with Gasteiger partial charge in [0.05, 0.1) is 5.02 Å². The number of halogens is 1. The van der Waals surface area contributed by atoms with E-state index in [1.807, 2.05) is 24.3 Å². The van der Waals surface area contributed by atoms with E-state index in [2.05, 4.69) is 10.1 Å². The van der Waals surface area contributed by atoms with Gasteiger partial charge in [-0.15, -0.1) is 0 Å². The second-order valence-corrected chi connectivity index (χ2v) is 4.76. The van der Waals surface area contributed by atoms with E-state index in [4.69, 9.17) is 16.1 Å². The maximum atomic E-state index is 9.72. The standard InChI is InChI=1S/C15H11ClN2O2/c1-9-10(6-4-8-13(9)19)15-17-14(18-20-15)11-5-2-3-7-12(11)16/h2-8,19H,1H3. The molecular weight excluding hydrogens is 276 g/mol. The first-order valence-corrected chi connectivity index (χ1v) is 6.42. The second-order valence-electron chi connectivity index (χ2n) is 4.35. The maximum absolute atomic E-state index is 9.72. The van der Waals surface area contributed by atoms with Crippen LogP contribution in [0.1, 0.15) is 5.56 Å². The van der Waals surface area contributed by atoms with Gasteiger partial charge in [0.2, 0.25) is 5.82 Å². The Bertz CT molecular complexity index is 768. The van der Waals surface area contributed by atoms with Gasteiger partial charge >= 0.3 is 0 Å². The van der Waals surface area contributed by atoms with Crippen molar-refractivity contribution in [3.8, 4) is 28.6 Å². The smallest absolute Gasteiger partial charge is 0.258 e. The van der Waals surface area contributed by atoms with Gasteiger partial charge in [0.15, 0.2) is 0 Å². The van der Waals surface area contributed by atoms with Crippen molar-refractivity contribution in [3.05, 3.63) is 53.1 Å². The summed E-state index contributed by atoms with van der Waals surface area (Å²) in [6.07, 6.45) is 0. The van der Waals surface area contributed by atoms with Crippen LogP contribution in [0, 0.1) is 6.92 Å². The van der Waals surface area contributed by atoms with E-state index in [9.17, 15) is 5.11 Å². The number of phenols is 1. The van der Waals surface area contributed by atoms with Crippen molar-refractivity contribution >= 4 is 11.6 Å². The molecule has 0 saturated heterocycles. The van der Waals surface area contributed by atoms with Crippen molar-refractivity contribution < 1.29 is 9.63 Å². The zero-order chi connectivity index (χ0) is 14.1. The lowest BCUT2D eigenvalue weighted by Crippen LogP contribution is -1.85. The summed E-state index contributed by atoms with van der Waals surface area (Å²) in [6.45, 7) is 1.80. The molecule has 0 amide bonds. The van der Waals surface area contributed by atoms with Crippen LogP contribution in [0.15, 0.2) is 47.0 Å². The number of hydrogen-bond donors (Lipinski definition) is 1. The SMILES string of the molecule is Cc1c(O)cccc1-c1nc(-c2ccccc2Cl)no1. The zero-order valence-electron chi connectivity index (χ0n) is 10.7. The molecule has 0 spiro atoms. The molecule has 0 aliphatic heterocycles. The number of aromatic nitrogens is 2. The largest absolute Gasteiger partial charge is 0.508 e. The van der Waals surface area contributed by atoms with Crippen LogP contribution in [0.5, 0.6) is 5.75 Å². The highest BCUT2D eigenvalue weighted by atomic mass is 35.5. The van der Waals surface area contributed by atoms with Crippen molar-refractivity contribution in [2.24, 2.45) is 0 Å². The Labute approximate surface area is 120 Å². The molecule has 3 rings (SSSR count). The fraction of sp³-hybridized carbons (Fsp3) is 0.0667. The fourth-order valence-electron chi connectivity index (χ4n) is 1.94. The van der Waals surface area contributed by atoms with Crippen LogP contribution < -0.4 is 0 Å². The van der Waals surface area contributed by atoms with E-state index in [1.165, 1.54) is 0 Å². The van der Waals surface area contributed by atoms with E-state index in [-0.39, 0.29) is 5.75 Å². The van der Waals surface area contributed by atoms with Crippen LogP contribution in [0.4, 0.5) is 0 Å². The van der Waals surface area contributed by atoms with Gasteiger partial charge in [-0.05, 0) is 31.2 Å². The van der Waals surface area contributed by atoms with Gasteiger partial charge in [-0.1, -0.05) is 35.0 Å². The lowest BCUT2D eigenvalue weighted by Gasteiger charge is -2.02. The minimum atomic E-state index is 0.194. The normalized spacial score (nSPS) is 10.7. The van der Waals surface area contributed by atoms with Gasteiger partial charge in [-0.3, -0.25) is 0 Å². The van der Waals surface area contributed by atoms with Crippen molar-refractivity contribution in [2.75, 3.05) is 0 Å². The summed E-state index contributed by atoms with van der Waals surface area (Å²) >= 11 is 6.11. The van der Waals surface area contributed by atoms with Crippen molar-refractivity contribution in [1.29, 1.82) is 0 Å². The summed E-state index contributed by atoms with van der Waals surface area (Å²) in [5.74, 6) is 0.974. The van der Waals surface area contributed by atoms with Crippen LogP contribution >= 0.6 is 11.6 Å². The van der Waals surface area contributed by atoms with Crippen LogP contribution in [-0.2, 0) is 0 Å². The molecule has 0 unspecified atom stereocenters. The van der Waals surface area contributed by atoms with Gasteiger partial charge < -0.3 is 9.63 Å². The monoisotopic (exact) mass is 286 g/mol. The Morgan fingerprint density at radius 3 is 2.60 bits per heavy atom. The predicted octanol–water partition coefficient (Wildman–Crippen LogP) is 4.07. The van der Waals surface area contributed by atoms with Gasteiger partial charge in [0.1, 0.15) is 5.75 Å². The number of benzene rings is 2. The number of hydrogen-bond acceptors (Lipinski definition) is 4. The molecule has 0 saturated carbocycles. The van der Waals surface area contributed by atoms with Gasteiger partial charge in [-0.25, -0.2) is 0 Å². The van der Waals surface area contributed by atoms with Crippen LogP contribution in [-0.4, -0.2) is 15.2 Å². The Hall–Kier alpha value is -2.33. The van der Waals surface area contributed by atoms with Gasteiger partial charge in [0.25, 0.3) is 5.89 Å². The first kappa shape index (κ1) is 12.7. The maximum Gasteiger partial charge on any atom is 0.258 e. The van der Waals surface area contributed by atoms with E-state index in [0.717, 1.165) is 0 Å². The zero-order valence-corrected chi connectivity index (χ0v) is 11.4.